The lowest BCUT2D eigenvalue weighted by Crippen LogP contribution is -2.40. The predicted molar refractivity (Wildman–Crippen MR) is 129 cm³/mol. The summed E-state index contributed by atoms with van der Waals surface area (Å²) in [6, 6.07) is 2.98. The fraction of sp³-hybridized carbons (Fsp3) is 0.304. The van der Waals surface area contributed by atoms with Gasteiger partial charge in [-0.05, 0) is 31.6 Å². The predicted octanol–water partition coefficient (Wildman–Crippen LogP) is 3.26. The Morgan fingerprint density at radius 3 is 2.59 bits per heavy atom. The van der Waals surface area contributed by atoms with Crippen LogP contribution in [0.3, 0.4) is 0 Å². The zero-order valence-electron chi connectivity index (χ0n) is 19.8. The molecule has 3 aromatic heterocycles. The zero-order chi connectivity index (χ0) is 27.3. The van der Waals surface area contributed by atoms with Gasteiger partial charge in [-0.2, -0.15) is 4.98 Å². The summed E-state index contributed by atoms with van der Waals surface area (Å²) in [5, 5.41) is 9.56. The normalized spacial score (nSPS) is 12.7. The maximum Gasteiger partial charge on any atom is 0.572 e. The molecule has 0 spiro atoms. The van der Waals surface area contributed by atoms with Crippen molar-refractivity contribution in [2.45, 2.75) is 32.8 Å². The van der Waals surface area contributed by atoms with Gasteiger partial charge in [0.2, 0.25) is 0 Å². The van der Waals surface area contributed by atoms with E-state index in [0.717, 1.165) is 22.1 Å². The average molecular weight is 542 g/mol. The Hall–Kier alpha value is -3.84. The Bertz CT molecular complexity index is 1470. The summed E-state index contributed by atoms with van der Waals surface area (Å²) >= 11 is 5.92. The molecule has 0 radical (unpaired) electrons. The van der Waals surface area contributed by atoms with Crippen molar-refractivity contribution in [3.8, 4) is 6.01 Å². The molecule has 0 atom stereocenters. The van der Waals surface area contributed by atoms with E-state index in [0.29, 0.717) is 10.7 Å². The van der Waals surface area contributed by atoms with Crippen LogP contribution >= 0.6 is 11.6 Å². The number of fused-ring (bicyclic) bond motifs is 1. The van der Waals surface area contributed by atoms with Gasteiger partial charge in [0.1, 0.15) is 11.5 Å². The fourth-order valence-corrected chi connectivity index (χ4v) is 3.52. The van der Waals surface area contributed by atoms with Crippen molar-refractivity contribution in [2.75, 3.05) is 6.61 Å². The summed E-state index contributed by atoms with van der Waals surface area (Å²) in [6.45, 7) is 4.27. The molecule has 14 heteroatoms. The monoisotopic (exact) mass is 541 g/mol. The van der Waals surface area contributed by atoms with E-state index in [1.165, 1.54) is 30.0 Å². The van der Waals surface area contributed by atoms with Crippen molar-refractivity contribution in [2.24, 2.45) is 7.05 Å². The van der Waals surface area contributed by atoms with E-state index in [1.54, 1.807) is 12.1 Å². The number of imidazole rings is 1. The van der Waals surface area contributed by atoms with Gasteiger partial charge in [-0.1, -0.05) is 24.3 Å². The quantitative estimate of drug-likeness (QED) is 0.309. The number of halogens is 4. The number of rotatable bonds is 10. The summed E-state index contributed by atoms with van der Waals surface area (Å²) in [4.78, 5) is 34.7. The van der Waals surface area contributed by atoms with Crippen molar-refractivity contribution < 1.29 is 27.8 Å². The third-order valence-corrected chi connectivity index (χ3v) is 5.18. The van der Waals surface area contributed by atoms with Crippen LogP contribution in [0.15, 0.2) is 64.2 Å². The first-order chi connectivity index (χ1) is 17.4. The van der Waals surface area contributed by atoms with E-state index in [9.17, 15) is 27.9 Å². The largest absolute Gasteiger partial charge is 0.572 e. The van der Waals surface area contributed by atoms with E-state index in [1.807, 2.05) is 0 Å². The lowest BCUT2D eigenvalue weighted by atomic mass is 10.3. The molecule has 0 aliphatic rings. The SMILES string of the molecule is C=C/C=C(\C=C(/C)OC(F)(F)F)Oc1nc2c(c(=O)n(CCCO)c(=O)n2C)n1Cc1ccc(Cl)cn1. The molecule has 0 saturated heterocycles. The van der Waals surface area contributed by atoms with Gasteiger partial charge in [-0.15, -0.1) is 13.2 Å². The van der Waals surface area contributed by atoms with E-state index in [-0.39, 0.29) is 49.1 Å². The molecule has 0 fully saturated rings. The van der Waals surface area contributed by atoms with Crippen molar-refractivity contribution in [3.05, 3.63) is 86.2 Å². The molecule has 0 aliphatic carbocycles. The number of nitrogens with zero attached hydrogens (tertiary/aromatic N) is 5. The number of aryl methyl sites for hydroxylation is 1. The Labute approximate surface area is 213 Å². The number of aliphatic hydroxyl groups is 1. The van der Waals surface area contributed by atoms with E-state index >= 15 is 0 Å². The van der Waals surface area contributed by atoms with Crippen LogP contribution in [-0.2, 0) is 24.9 Å². The van der Waals surface area contributed by atoms with Gasteiger partial charge >= 0.3 is 18.1 Å². The first-order valence-corrected chi connectivity index (χ1v) is 11.2. The fourth-order valence-electron chi connectivity index (χ4n) is 3.41. The first kappa shape index (κ1) is 27.7. The molecule has 0 aromatic carbocycles. The van der Waals surface area contributed by atoms with Crippen molar-refractivity contribution in [3.63, 3.8) is 0 Å². The summed E-state index contributed by atoms with van der Waals surface area (Å²) in [7, 11) is 1.41. The number of allylic oxidation sites excluding steroid dienone is 4. The highest BCUT2D eigenvalue weighted by atomic mass is 35.5. The van der Waals surface area contributed by atoms with Gasteiger partial charge < -0.3 is 14.6 Å². The minimum Gasteiger partial charge on any atom is -0.425 e. The molecule has 0 unspecified atom stereocenters. The highest BCUT2D eigenvalue weighted by Gasteiger charge is 2.31. The summed E-state index contributed by atoms with van der Waals surface area (Å²) in [5.74, 6) is -0.663. The van der Waals surface area contributed by atoms with Crippen molar-refractivity contribution >= 4 is 22.8 Å². The number of pyridine rings is 1. The standard InChI is InChI=1S/C23H23ClF3N5O5/c1-4-6-17(11-14(2)37-23(25,26)27)36-21-29-19-18(32(21)13-16-8-7-15(24)12-28-16)20(34)31(9-5-10-33)22(35)30(19)3/h4,6-8,11-12,33H,1,5,9-10,13H2,2-3H3/b14-11+,17-6+. The maximum absolute atomic E-state index is 13.4. The van der Waals surface area contributed by atoms with Gasteiger partial charge in [0.15, 0.2) is 11.2 Å². The zero-order valence-corrected chi connectivity index (χ0v) is 20.6. The van der Waals surface area contributed by atoms with Crippen LogP contribution < -0.4 is 16.0 Å². The van der Waals surface area contributed by atoms with Crippen LogP contribution in [0.5, 0.6) is 6.01 Å². The Morgan fingerprint density at radius 1 is 1.27 bits per heavy atom. The van der Waals surface area contributed by atoms with Gasteiger partial charge in [0.25, 0.3) is 5.56 Å². The highest BCUT2D eigenvalue weighted by Crippen LogP contribution is 2.24. The molecule has 1 N–H and O–H groups in total. The average Bonchev–Trinajstić information content (AvgIpc) is 3.16. The van der Waals surface area contributed by atoms with Crippen LogP contribution in [0, 0.1) is 0 Å². The number of hydrogen-bond acceptors (Lipinski definition) is 7. The molecule has 0 amide bonds. The van der Waals surface area contributed by atoms with E-state index < -0.39 is 23.4 Å². The van der Waals surface area contributed by atoms with Gasteiger partial charge in [0, 0.05) is 32.5 Å². The Morgan fingerprint density at radius 2 is 2.00 bits per heavy atom. The second-order valence-electron chi connectivity index (χ2n) is 7.71. The summed E-state index contributed by atoms with van der Waals surface area (Å²) in [5.41, 5.74) is -0.946. The molecule has 3 heterocycles. The number of aromatic nitrogens is 5. The maximum atomic E-state index is 13.4. The molecule has 0 saturated carbocycles. The third kappa shape index (κ3) is 6.68. The second kappa shape index (κ2) is 11.5. The molecular weight excluding hydrogens is 519 g/mol. The molecule has 10 nitrogen and oxygen atoms in total. The van der Waals surface area contributed by atoms with E-state index in [4.69, 9.17) is 16.3 Å². The number of ether oxygens (including phenoxy) is 2. The summed E-state index contributed by atoms with van der Waals surface area (Å²) in [6.07, 6.45) is 0.162. The number of alkyl halides is 3. The van der Waals surface area contributed by atoms with Crippen molar-refractivity contribution in [1.82, 2.24) is 23.7 Å². The lowest BCUT2D eigenvalue weighted by Gasteiger charge is -2.12. The van der Waals surface area contributed by atoms with Crippen molar-refractivity contribution in [1.29, 1.82) is 0 Å². The van der Waals surface area contributed by atoms with Crippen LogP contribution in [0.2, 0.25) is 5.02 Å². The minimum absolute atomic E-state index is 0.0167. The molecule has 0 bridgehead atoms. The van der Waals surface area contributed by atoms with Gasteiger partial charge in [-0.3, -0.25) is 23.5 Å². The van der Waals surface area contributed by atoms with Crippen LogP contribution in [0.25, 0.3) is 11.2 Å². The number of hydrogen-bond donors (Lipinski definition) is 1. The van der Waals surface area contributed by atoms with Crippen LogP contribution in [0.4, 0.5) is 13.2 Å². The smallest absolute Gasteiger partial charge is 0.425 e. The topological polar surface area (TPSA) is 113 Å². The molecule has 3 rings (SSSR count). The molecule has 0 aliphatic heterocycles. The molecule has 3 aromatic rings. The minimum atomic E-state index is -4.91. The number of aliphatic hydroxyl groups excluding tert-OH is 1. The van der Waals surface area contributed by atoms with Gasteiger partial charge in [0.05, 0.1) is 17.3 Å². The first-order valence-electron chi connectivity index (χ1n) is 10.8. The summed E-state index contributed by atoms with van der Waals surface area (Å²) < 4.78 is 51.0. The van der Waals surface area contributed by atoms with Gasteiger partial charge in [-0.25, -0.2) is 4.79 Å². The molecule has 37 heavy (non-hydrogen) atoms. The molecular formula is C23H23ClF3N5O5. The Kier molecular flexibility index (Phi) is 8.61. The van der Waals surface area contributed by atoms with E-state index in [2.05, 4.69) is 21.3 Å². The molecule has 198 valence electrons. The lowest BCUT2D eigenvalue weighted by molar-refractivity contribution is -0.305. The van der Waals surface area contributed by atoms with Crippen LogP contribution in [-0.4, -0.2) is 41.7 Å². The Balaban J connectivity index is 2.22. The highest BCUT2D eigenvalue weighted by molar-refractivity contribution is 6.30. The van der Waals surface area contributed by atoms with Crippen LogP contribution in [0.1, 0.15) is 19.0 Å². The second-order valence-corrected chi connectivity index (χ2v) is 8.14. The third-order valence-electron chi connectivity index (χ3n) is 4.96.